The summed E-state index contributed by atoms with van der Waals surface area (Å²) in [6.45, 7) is 5.08. The number of hydrogen-bond donors (Lipinski definition) is 1. The van der Waals surface area contributed by atoms with Crippen molar-refractivity contribution < 1.29 is 14.0 Å². The van der Waals surface area contributed by atoms with Gasteiger partial charge in [-0.15, -0.1) is 11.3 Å². The second kappa shape index (κ2) is 10.4. The molecule has 0 atom stereocenters. The minimum atomic E-state index is -0.132. The highest BCUT2D eigenvalue weighted by atomic mass is 32.1. The maximum atomic E-state index is 12.8. The van der Waals surface area contributed by atoms with Gasteiger partial charge in [0.05, 0.1) is 18.4 Å². The van der Waals surface area contributed by atoms with Crippen LogP contribution in [0.25, 0.3) is 0 Å². The lowest BCUT2D eigenvalue weighted by Crippen LogP contribution is -2.50. The van der Waals surface area contributed by atoms with E-state index >= 15 is 0 Å². The number of fused-ring (bicyclic) bond motifs is 1. The molecule has 0 spiro atoms. The number of amides is 2. The lowest BCUT2D eigenvalue weighted by atomic mass is 10.0. The number of thiophene rings is 1. The van der Waals surface area contributed by atoms with E-state index in [0.29, 0.717) is 42.5 Å². The van der Waals surface area contributed by atoms with Gasteiger partial charge in [0.15, 0.2) is 5.76 Å². The number of rotatable bonds is 6. The van der Waals surface area contributed by atoms with Gasteiger partial charge in [-0.1, -0.05) is 30.3 Å². The fourth-order valence-corrected chi connectivity index (χ4v) is 5.93. The zero-order chi connectivity index (χ0) is 24.2. The molecular formula is C26H27N5O3S. The molecule has 0 unspecified atom stereocenters. The van der Waals surface area contributed by atoms with Crippen LogP contribution in [0.1, 0.15) is 32.1 Å². The van der Waals surface area contributed by atoms with Gasteiger partial charge in [0, 0.05) is 50.7 Å². The number of hydrogen-bond acceptors (Lipinski definition) is 7. The average molecular weight is 490 g/mol. The molecule has 2 amide bonds. The third-order valence-corrected chi connectivity index (χ3v) is 7.64. The van der Waals surface area contributed by atoms with Crippen molar-refractivity contribution in [2.75, 3.05) is 44.6 Å². The largest absolute Gasteiger partial charge is 0.459 e. The number of nitrogens with zero attached hydrogens (tertiary/aromatic N) is 4. The van der Waals surface area contributed by atoms with Crippen LogP contribution in [0, 0.1) is 11.3 Å². The van der Waals surface area contributed by atoms with Crippen molar-refractivity contribution in [3.05, 3.63) is 76.1 Å². The number of carbonyl (C=O) groups is 2. The molecule has 0 radical (unpaired) electrons. The Morgan fingerprint density at radius 1 is 1.03 bits per heavy atom. The summed E-state index contributed by atoms with van der Waals surface area (Å²) in [5, 5.41) is 13.4. The molecule has 2 aromatic heterocycles. The highest BCUT2D eigenvalue weighted by Crippen LogP contribution is 2.37. The topological polar surface area (TPSA) is 92.8 Å². The molecule has 1 N–H and O–H groups in total. The molecule has 1 aromatic carbocycles. The summed E-state index contributed by atoms with van der Waals surface area (Å²) in [4.78, 5) is 32.5. The minimum Gasteiger partial charge on any atom is -0.459 e. The second-order valence-corrected chi connectivity index (χ2v) is 9.96. The summed E-state index contributed by atoms with van der Waals surface area (Å²) in [7, 11) is 0. The van der Waals surface area contributed by atoms with Crippen molar-refractivity contribution >= 4 is 28.2 Å². The van der Waals surface area contributed by atoms with Gasteiger partial charge in [-0.2, -0.15) is 5.26 Å². The van der Waals surface area contributed by atoms with Crippen LogP contribution < -0.4 is 5.32 Å². The molecule has 5 rings (SSSR count). The third-order valence-electron chi connectivity index (χ3n) is 6.51. The molecule has 0 aliphatic carbocycles. The Morgan fingerprint density at radius 3 is 2.54 bits per heavy atom. The molecule has 1 saturated heterocycles. The van der Waals surface area contributed by atoms with Gasteiger partial charge in [0.25, 0.3) is 5.91 Å². The van der Waals surface area contributed by atoms with Crippen LogP contribution in [0.4, 0.5) is 5.00 Å². The van der Waals surface area contributed by atoms with E-state index in [1.807, 2.05) is 23.1 Å². The van der Waals surface area contributed by atoms with Crippen molar-refractivity contribution in [1.29, 1.82) is 5.26 Å². The molecule has 0 bridgehead atoms. The van der Waals surface area contributed by atoms with Crippen LogP contribution >= 0.6 is 11.3 Å². The van der Waals surface area contributed by atoms with E-state index in [-0.39, 0.29) is 18.4 Å². The number of benzene rings is 1. The third kappa shape index (κ3) is 5.30. The van der Waals surface area contributed by atoms with Gasteiger partial charge in [0.1, 0.15) is 11.1 Å². The summed E-state index contributed by atoms with van der Waals surface area (Å²) < 4.78 is 5.20. The number of furan rings is 1. The van der Waals surface area contributed by atoms with E-state index in [1.165, 1.54) is 23.2 Å². The zero-order valence-corrected chi connectivity index (χ0v) is 20.2. The molecular weight excluding hydrogens is 462 g/mol. The highest BCUT2D eigenvalue weighted by molar-refractivity contribution is 7.16. The van der Waals surface area contributed by atoms with Crippen LogP contribution in [0.15, 0.2) is 53.1 Å². The lowest BCUT2D eigenvalue weighted by molar-refractivity contribution is -0.117. The van der Waals surface area contributed by atoms with Gasteiger partial charge < -0.3 is 14.6 Å². The van der Waals surface area contributed by atoms with Crippen molar-refractivity contribution in [2.45, 2.75) is 19.5 Å². The van der Waals surface area contributed by atoms with E-state index in [1.54, 1.807) is 17.0 Å². The molecule has 35 heavy (non-hydrogen) atoms. The predicted molar refractivity (Wildman–Crippen MR) is 133 cm³/mol. The van der Waals surface area contributed by atoms with E-state index in [4.69, 9.17) is 4.42 Å². The summed E-state index contributed by atoms with van der Waals surface area (Å²) in [5.74, 6) is 0.0829. The maximum absolute atomic E-state index is 12.8. The van der Waals surface area contributed by atoms with Crippen molar-refractivity contribution in [3.63, 3.8) is 0 Å². The van der Waals surface area contributed by atoms with Crippen LogP contribution in [0.3, 0.4) is 0 Å². The summed E-state index contributed by atoms with van der Waals surface area (Å²) >= 11 is 1.52. The Labute approximate surface area is 208 Å². The fraction of sp³-hybridized carbons (Fsp3) is 0.346. The monoisotopic (exact) mass is 489 g/mol. The van der Waals surface area contributed by atoms with Crippen LogP contribution in [0.2, 0.25) is 0 Å². The number of nitriles is 1. The average Bonchev–Trinajstić information content (AvgIpc) is 3.52. The number of anilines is 1. The number of carbonyl (C=O) groups excluding carboxylic acids is 2. The molecule has 2 aliphatic rings. The normalized spacial score (nSPS) is 16.5. The zero-order valence-electron chi connectivity index (χ0n) is 19.4. The molecule has 0 saturated carbocycles. The Bertz CT molecular complexity index is 1220. The van der Waals surface area contributed by atoms with E-state index in [0.717, 1.165) is 36.5 Å². The van der Waals surface area contributed by atoms with Crippen LogP contribution in [0.5, 0.6) is 0 Å². The first-order chi connectivity index (χ1) is 17.1. The fourth-order valence-electron chi connectivity index (χ4n) is 4.67. The molecule has 2 aliphatic heterocycles. The second-order valence-electron chi connectivity index (χ2n) is 8.86. The Balaban J connectivity index is 1.16. The molecule has 3 aromatic rings. The number of nitrogens with one attached hydrogen (secondary N) is 1. The molecule has 4 heterocycles. The standard InChI is InChI=1S/C26H27N5O3S/c27-15-21-20-8-9-30(16-19-5-2-1-3-6-19)17-23(20)35-25(21)28-24(32)18-29-10-12-31(13-11-29)26(33)22-7-4-14-34-22/h1-7,14H,8-13,16-18H2,(H,28,32). The SMILES string of the molecule is N#Cc1c(NC(=O)CN2CCN(C(=O)c3ccco3)CC2)sc2c1CCN(Cc1ccccc1)C2. The van der Waals surface area contributed by atoms with Gasteiger partial charge >= 0.3 is 0 Å². The van der Waals surface area contributed by atoms with Gasteiger partial charge in [-0.25, -0.2) is 0 Å². The van der Waals surface area contributed by atoms with Gasteiger partial charge in [0.2, 0.25) is 5.91 Å². The molecule has 180 valence electrons. The maximum Gasteiger partial charge on any atom is 0.289 e. The van der Waals surface area contributed by atoms with Crippen molar-refractivity contribution in [2.24, 2.45) is 0 Å². The van der Waals surface area contributed by atoms with Gasteiger partial charge in [-0.3, -0.25) is 19.4 Å². The quantitative estimate of drug-likeness (QED) is 0.572. The Kier molecular flexibility index (Phi) is 6.95. The van der Waals surface area contributed by atoms with E-state index in [2.05, 4.69) is 28.4 Å². The van der Waals surface area contributed by atoms with Crippen LogP contribution in [-0.4, -0.2) is 65.8 Å². The van der Waals surface area contributed by atoms with E-state index in [9.17, 15) is 14.9 Å². The molecule has 8 nitrogen and oxygen atoms in total. The van der Waals surface area contributed by atoms with Crippen LogP contribution in [-0.2, 0) is 24.3 Å². The molecule has 1 fully saturated rings. The Hall–Kier alpha value is -3.45. The van der Waals surface area contributed by atoms with Crippen molar-refractivity contribution in [1.82, 2.24) is 14.7 Å². The van der Waals surface area contributed by atoms with E-state index < -0.39 is 0 Å². The predicted octanol–water partition coefficient (Wildman–Crippen LogP) is 3.17. The molecule has 9 heteroatoms. The first-order valence-electron chi connectivity index (χ1n) is 11.8. The Morgan fingerprint density at radius 2 is 1.83 bits per heavy atom. The summed E-state index contributed by atoms with van der Waals surface area (Å²) in [6.07, 6.45) is 2.30. The minimum absolute atomic E-state index is 0.122. The van der Waals surface area contributed by atoms with Gasteiger partial charge in [-0.05, 0) is 29.7 Å². The summed E-state index contributed by atoms with van der Waals surface area (Å²) in [5.41, 5.74) is 2.95. The number of piperazine rings is 1. The lowest BCUT2D eigenvalue weighted by Gasteiger charge is -2.33. The first kappa shape index (κ1) is 23.3. The smallest absolute Gasteiger partial charge is 0.289 e. The highest BCUT2D eigenvalue weighted by Gasteiger charge is 2.27. The van der Waals surface area contributed by atoms with Crippen molar-refractivity contribution in [3.8, 4) is 6.07 Å². The summed E-state index contributed by atoms with van der Waals surface area (Å²) in [6, 6.07) is 16.1. The first-order valence-corrected chi connectivity index (χ1v) is 12.6.